The minimum Gasteiger partial charge on any atom is -0.426 e. The van der Waals surface area contributed by atoms with Crippen LogP contribution in [0.3, 0.4) is 0 Å². The zero-order chi connectivity index (χ0) is 23.1. The summed E-state index contributed by atoms with van der Waals surface area (Å²) in [6, 6.07) is 8.95. The molecule has 0 saturated carbocycles. The Kier molecular flexibility index (Phi) is 13.9. The third kappa shape index (κ3) is 12.5. The van der Waals surface area contributed by atoms with Crippen molar-refractivity contribution in [2.45, 2.75) is 77.7 Å². The third-order valence-electron chi connectivity index (χ3n) is 5.04. The van der Waals surface area contributed by atoms with Crippen LogP contribution in [0.5, 0.6) is 0 Å². The fourth-order valence-corrected chi connectivity index (χ4v) is 3.26. The van der Waals surface area contributed by atoms with Crippen LogP contribution in [-0.4, -0.2) is 49.1 Å². The van der Waals surface area contributed by atoms with E-state index in [-0.39, 0.29) is 17.7 Å². The molecule has 5 N–H and O–H groups in total. The minimum absolute atomic E-state index is 0.0770. The molecule has 174 valence electrons. The van der Waals surface area contributed by atoms with E-state index < -0.39 is 19.1 Å². The first-order chi connectivity index (χ1) is 14.8. The Bertz CT molecular complexity index is 631. The van der Waals surface area contributed by atoms with Crippen LogP contribution in [0.15, 0.2) is 30.3 Å². The topological polar surface area (TPSA) is 114 Å². The quantitative estimate of drug-likeness (QED) is 0.236. The first kappa shape index (κ1) is 27.1. The predicted octanol–water partition coefficient (Wildman–Crippen LogP) is 2.21. The number of nitrogens with one attached hydrogen (secondary N) is 2. The van der Waals surface area contributed by atoms with E-state index in [0.29, 0.717) is 32.4 Å². The van der Waals surface area contributed by atoms with E-state index in [0.717, 1.165) is 31.2 Å². The molecule has 0 spiro atoms. The Hall–Kier alpha value is -1.90. The standard InChI is InChI=1S/C23H40BN3O4/c1-4-22(28)26-14-10-5-6-11-15-31-24(30)21(16-18(2)3)27-23(29)20(25)17-19-12-8-7-9-13-19/h7-9,12-13,18,20-21,30H,4-6,10-11,14-17,25H2,1-3H3,(H,26,28)(H,27,29)/t20-,21-/m0/s1. The van der Waals surface area contributed by atoms with Crippen molar-refractivity contribution >= 4 is 18.9 Å². The molecule has 0 aromatic heterocycles. The molecule has 0 aliphatic carbocycles. The fraction of sp³-hybridized carbons (Fsp3) is 0.652. The summed E-state index contributed by atoms with van der Waals surface area (Å²) < 4.78 is 5.60. The van der Waals surface area contributed by atoms with Gasteiger partial charge in [0.2, 0.25) is 11.8 Å². The van der Waals surface area contributed by atoms with Crippen LogP contribution < -0.4 is 16.4 Å². The molecule has 1 rings (SSSR count). The number of hydrogen-bond acceptors (Lipinski definition) is 5. The van der Waals surface area contributed by atoms with Gasteiger partial charge in [-0.1, -0.05) is 63.9 Å². The smallest absolute Gasteiger partial charge is 0.426 e. The Balaban J connectivity index is 2.35. The highest BCUT2D eigenvalue weighted by atomic mass is 16.5. The van der Waals surface area contributed by atoms with Crippen molar-refractivity contribution in [2.24, 2.45) is 11.7 Å². The highest BCUT2D eigenvalue weighted by molar-refractivity contribution is 6.45. The van der Waals surface area contributed by atoms with E-state index >= 15 is 0 Å². The van der Waals surface area contributed by atoms with Gasteiger partial charge in [-0.25, -0.2) is 0 Å². The third-order valence-corrected chi connectivity index (χ3v) is 5.04. The first-order valence-electron chi connectivity index (χ1n) is 11.5. The molecule has 8 heteroatoms. The summed E-state index contributed by atoms with van der Waals surface area (Å²) in [4.78, 5) is 23.7. The number of rotatable bonds is 16. The largest absolute Gasteiger partial charge is 0.478 e. The minimum atomic E-state index is -1.07. The van der Waals surface area contributed by atoms with Crippen LogP contribution in [0.25, 0.3) is 0 Å². The van der Waals surface area contributed by atoms with Gasteiger partial charge < -0.3 is 26.0 Å². The van der Waals surface area contributed by atoms with E-state index in [1.54, 1.807) is 0 Å². The van der Waals surface area contributed by atoms with Gasteiger partial charge in [-0.15, -0.1) is 0 Å². The van der Waals surface area contributed by atoms with Crippen LogP contribution in [-0.2, 0) is 20.7 Å². The summed E-state index contributed by atoms with van der Waals surface area (Å²) in [5.41, 5.74) is 7.07. The maximum absolute atomic E-state index is 12.6. The van der Waals surface area contributed by atoms with Crippen molar-refractivity contribution in [2.75, 3.05) is 13.2 Å². The highest BCUT2D eigenvalue weighted by Crippen LogP contribution is 2.10. The van der Waals surface area contributed by atoms with Gasteiger partial charge in [0.15, 0.2) is 0 Å². The summed E-state index contributed by atoms with van der Waals surface area (Å²) >= 11 is 0. The normalized spacial score (nSPS) is 13.0. The predicted molar refractivity (Wildman–Crippen MR) is 125 cm³/mol. The number of carbonyl (C=O) groups is 2. The molecule has 1 aromatic rings. The molecule has 0 fully saturated rings. The molecule has 0 aliphatic rings. The average Bonchev–Trinajstić information content (AvgIpc) is 2.74. The van der Waals surface area contributed by atoms with Crippen LogP contribution in [0.1, 0.15) is 64.9 Å². The second-order valence-corrected chi connectivity index (χ2v) is 8.42. The van der Waals surface area contributed by atoms with Gasteiger partial charge in [0.05, 0.1) is 12.0 Å². The zero-order valence-electron chi connectivity index (χ0n) is 19.3. The molecule has 2 amide bonds. The summed E-state index contributed by atoms with van der Waals surface area (Å²) in [7, 11) is -1.07. The van der Waals surface area contributed by atoms with Gasteiger partial charge in [-0.05, 0) is 37.2 Å². The van der Waals surface area contributed by atoms with Crippen molar-refractivity contribution in [1.82, 2.24) is 10.6 Å². The Morgan fingerprint density at radius 2 is 1.81 bits per heavy atom. The summed E-state index contributed by atoms with van der Waals surface area (Å²) in [5, 5.41) is 16.2. The summed E-state index contributed by atoms with van der Waals surface area (Å²) in [6.07, 6.45) is 5.24. The summed E-state index contributed by atoms with van der Waals surface area (Å²) in [6.45, 7) is 7.02. The van der Waals surface area contributed by atoms with E-state index in [4.69, 9.17) is 10.4 Å². The second-order valence-electron chi connectivity index (χ2n) is 8.42. The second kappa shape index (κ2) is 15.8. The van der Waals surface area contributed by atoms with Gasteiger partial charge >= 0.3 is 7.12 Å². The van der Waals surface area contributed by atoms with Crippen molar-refractivity contribution in [3.05, 3.63) is 35.9 Å². The lowest BCUT2D eigenvalue weighted by Crippen LogP contribution is -2.53. The SMILES string of the molecule is CCC(=O)NCCCCCCOB(O)[C@H](CC(C)C)NC(=O)[C@@H](N)Cc1ccccc1. The van der Waals surface area contributed by atoms with Crippen molar-refractivity contribution < 1.29 is 19.3 Å². The van der Waals surface area contributed by atoms with Gasteiger partial charge in [0, 0.05) is 19.6 Å². The number of amides is 2. The average molecular weight is 433 g/mol. The van der Waals surface area contributed by atoms with Gasteiger partial charge in [-0.2, -0.15) is 0 Å². The van der Waals surface area contributed by atoms with Crippen LogP contribution in [0.2, 0.25) is 0 Å². The number of nitrogens with two attached hydrogens (primary N) is 1. The van der Waals surface area contributed by atoms with Crippen molar-refractivity contribution in [3.8, 4) is 0 Å². The Morgan fingerprint density at radius 3 is 2.45 bits per heavy atom. The maximum atomic E-state index is 12.6. The van der Waals surface area contributed by atoms with E-state index in [1.165, 1.54) is 0 Å². The van der Waals surface area contributed by atoms with E-state index in [2.05, 4.69) is 10.6 Å². The van der Waals surface area contributed by atoms with E-state index in [9.17, 15) is 14.6 Å². The first-order valence-corrected chi connectivity index (χ1v) is 11.5. The number of hydrogen-bond donors (Lipinski definition) is 4. The van der Waals surface area contributed by atoms with Gasteiger partial charge in [0.25, 0.3) is 0 Å². The Labute approximate surface area is 187 Å². The molecular formula is C23H40BN3O4. The molecule has 0 heterocycles. The number of benzene rings is 1. The number of unbranched alkanes of at least 4 members (excludes halogenated alkanes) is 3. The monoisotopic (exact) mass is 433 g/mol. The van der Waals surface area contributed by atoms with Gasteiger partial charge in [-0.3, -0.25) is 9.59 Å². The molecule has 2 atom stereocenters. The lowest BCUT2D eigenvalue weighted by molar-refractivity contribution is -0.123. The molecular weight excluding hydrogens is 393 g/mol. The molecule has 1 aromatic carbocycles. The fourth-order valence-electron chi connectivity index (χ4n) is 3.26. The molecule has 0 unspecified atom stereocenters. The molecule has 0 radical (unpaired) electrons. The number of carbonyl (C=O) groups excluding carboxylic acids is 2. The molecule has 7 nitrogen and oxygen atoms in total. The molecule has 0 aliphatic heterocycles. The van der Waals surface area contributed by atoms with E-state index in [1.807, 2.05) is 51.1 Å². The lowest BCUT2D eigenvalue weighted by Gasteiger charge is -2.24. The molecule has 0 bridgehead atoms. The molecule has 0 saturated heterocycles. The van der Waals surface area contributed by atoms with Crippen LogP contribution in [0, 0.1) is 5.92 Å². The Morgan fingerprint density at radius 1 is 1.13 bits per heavy atom. The van der Waals surface area contributed by atoms with Crippen molar-refractivity contribution in [3.63, 3.8) is 0 Å². The molecule has 31 heavy (non-hydrogen) atoms. The maximum Gasteiger partial charge on any atom is 0.478 e. The lowest BCUT2D eigenvalue weighted by atomic mass is 9.74. The highest BCUT2D eigenvalue weighted by Gasteiger charge is 2.30. The van der Waals surface area contributed by atoms with Crippen LogP contribution in [0.4, 0.5) is 0 Å². The summed E-state index contributed by atoms with van der Waals surface area (Å²) in [5.74, 6) is -0.426. The van der Waals surface area contributed by atoms with Crippen LogP contribution >= 0.6 is 0 Å². The van der Waals surface area contributed by atoms with Gasteiger partial charge in [0.1, 0.15) is 0 Å². The van der Waals surface area contributed by atoms with Crippen molar-refractivity contribution in [1.29, 1.82) is 0 Å². The zero-order valence-corrected chi connectivity index (χ0v) is 19.3.